The van der Waals surface area contributed by atoms with Gasteiger partial charge in [-0.2, -0.15) is 0 Å². The van der Waals surface area contributed by atoms with Gasteiger partial charge in [0.1, 0.15) is 5.78 Å². The number of ketones is 1. The SMILES string of the molecule is CC(C)(C)OC1CCN(CCCC(=O)C(C)(C)C)CC1. The van der Waals surface area contributed by atoms with Gasteiger partial charge in [-0.3, -0.25) is 4.79 Å². The van der Waals surface area contributed by atoms with Gasteiger partial charge in [0.2, 0.25) is 0 Å². The van der Waals surface area contributed by atoms with E-state index in [1.165, 1.54) is 0 Å². The average Bonchev–Trinajstić information content (AvgIpc) is 2.28. The average molecular weight is 283 g/mol. The van der Waals surface area contributed by atoms with E-state index in [0.717, 1.165) is 38.9 Å². The standard InChI is InChI=1S/C17H33NO2/c1-16(2,3)15(19)8-7-11-18-12-9-14(10-13-18)20-17(4,5)6/h14H,7-13H2,1-6H3. The third-order valence-electron chi connectivity index (χ3n) is 3.77. The molecule has 20 heavy (non-hydrogen) atoms. The Kier molecular flexibility index (Phi) is 6.21. The first-order chi connectivity index (χ1) is 9.08. The Labute approximate surface area is 125 Å². The molecule has 0 amide bonds. The van der Waals surface area contributed by atoms with Crippen LogP contribution in [-0.4, -0.2) is 42.0 Å². The first-order valence-corrected chi connectivity index (χ1v) is 8.01. The van der Waals surface area contributed by atoms with Gasteiger partial charge in [-0.05, 0) is 46.6 Å². The van der Waals surface area contributed by atoms with Crippen molar-refractivity contribution in [1.29, 1.82) is 0 Å². The minimum absolute atomic E-state index is 0.0357. The zero-order valence-electron chi connectivity index (χ0n) is 14.3. The zero-order chi connectivity index (χ0) is 15.4. The van der Waals surface area contributed by atoms with E-state index in [0.29, 0.717) is 18.3 Å². The van der Waals surface area contributed by atoms with Gasteiger partial charge in [0, 0.05) is 24.9 Å². The van der Waals surface area contributed by atoms with Gasteiger partial charge in [-0.1, -0.05) is 20.8 Å². The van der Waals surface area contributed by atoms with Crippen LogP contribution in [0.2, 0.25) is 0 Å². The maximum atomic E-state index is 11.9. The van der Waals surface area contributed by atoms with Crippen LogP contribution in [0.25, 0.3) is 0 Å². The Balaban J connectivity index is 2.19. The minimum atomic E-state index is -0.187. The van der Waals surface area contributed by atoms with Crippen molar-refractivity contribution in [3.8, 4) is 0 Å². The Hall–Kier alpha value is -0.410. The summed E-state index contributed by atoms with van der Waals surface area (Å²) >= 11 is 0. The van der Waals surface area contributed by atoms with Crippen LogP contribution in [0.15, 0.2) is 0 Å². The van der Waals surface area contributed by atoms with Gasteiger partial charge in [0.05, 0.1) is 11.7 Å². The van der Waals surface area contributed by atoms with Crippen LogP contribution in [0.3, 0.4) is 0 Å². The molecule has 1 aliphatic rings. The van der Waals surface area contributed by atoms with Crippen molar-refractivity contribution < 1.29 is 9.53 Å². The molecule has 1 saturated heterocycles. The number of carbonyl (C=O) groups excluding carboxylic acids is 1. The lowest BCUT2D eigenvalue weighted by Crippen LogP contribution is -2.40. The zero-order valence-corrected chi connectivity index (χ0v) is 14.3. The molecule has 0 radical (unpaired) electrons. The Morgan fingerprint density at radius 2 is 1.65 bits per heavy atom. The van der Waals surface area contributed by atoms with E-state index >= 15 is 0 Å². The third-order valence-corrected chi connectivity index (χ3v) is 3.77. The molecule has 1 rings (SSSR count). The highest BCUT2D eigenvalue weighted by Crippen LogP contribution is 2.21. The molecule has 1 aliphatic heterocycles. The topological polar surface area (TPSA) is 29.5 Å². The van der Waals surface area contributed by atoms with Gasteiger partial charge < -0.3 is 9.64 Å². The number of nitrogens with zero attached hydrogens (tertiary/aromatic N) is 1. The first kappa shape index (κ1) is 17.6. The highest BCUT2D eigenvalue weighted by molar-refractivity contribution is 5.83. The lowest BCUT2D eigenvalue weighted by atomic mass is 9.88. The second-order valence-electron chi connectivity index (χ2n) is 8.05. The number of carbonyl (C=O) groups is 1. The summed E-state index contributed by atoms with van der Waals surface area (Å²) in [6.45, 7) is 15.6. The normalized spacial score (nSPS) is 19.3. The molecule has 0 unspecified atom stereocenters. The van der Waals surface area contributed by atoms with Crippen molar-refractivity contribution in [2.24, 2.45) is 5.41 Å². The quantitative estimate of drug-likeness (QED) is 0.771. The molecule has 3 nitrogen and oxygen atoms in total. The molecule has 3 heteroatoms. The number of piperidine rings is 1. The molecule has 0 aromatic heterocycles. The monoisotopic (exact) mass is 283 g/mol. The smallest absolute Gasteiger partial charge is 0.138 e. The molecule has 0 aromatic rings. The van der Waals surface area contributed by atoms with E-state index in [4.69, 9.17) is 4.74 Å². The lowest BCUT2D eigenvalue weighted by molar-refractivity contribution is -0.126. The van der Waals surface area contributed by atoms with Crippen LogP contribution in [0.1, 0.15) is 67.2 Å². The Bertz CT molecular complexity index is 304. The predicted octanol–water partition coefficient (Wildman–Crippen LogP) is 3.66. The van der Waals surface area contributed by atoms with E-state index in [1.54, 1.807) is 0 Å². The number of Topliss-reactive ketones (excluding diaryl/α,β-unsaturated/α-hetero) is 1. The van der Waals surface area contributed by atoms with Crippen molar-refractivity contribution in [3.63, 3.8) is 0 Å². The largest absolute Gasteiger partial charge is 0.373 e. The number of likely N-dealkylation sites (tertiary alicyclic amines) is 1. The van der Waals surface area contributed by atoms with Crippen LogP contribution in [0.5, 0.6) is 0 Å². The summed E-state index contributed by atoms with van der Waals surface area (Å²) in [4.78, 5) is 14.3. The molecule has 0 atom stereocenters. The second-order valence-corrected chi connectivity index (χ2v) is 8.05. The fraction of sp³-hybridized carbons (Fsp3) is 0.941. The number of rotatable bonds is 5. The van der Waals surface area contributed by atoms with E-state index in [1.807, 2.05) is 20.8 Å². The van der Waals surface area contributed by atoms with Crippen molar-refractivity contribution >= 4 is 5.78 Å². The van der Waals surface area contributed by atoms with Crippen LogP contribution in [0.4, 0.5) is 0 Å². The Morgan fingerprint density at radius 1 is 1.10 bits per heavy atom. The molecule has 0 saturated carbocycles. The van der Waals surface area contributed by atoms with Crippen LogP contribution in [0, 0.1) is 5.41 Å². The van der Waals surface area contributed by atoms with Gasteiger partial charge in [-0.15, -0.1) is 0 Å². The van der Waals surface area contributed by atoms with Crippen LogP contribution in [-0.2, 0) is 9.53 Å². The maximum Gasteiger partial charge on any atom is 0.138 e. The second kappa shape index (κ2) is 7.04. The highest BCUT2D eigenvalue weighted by Gasteiger charge is 2.25. The predicted molar refractivity (Wildman–Crippen MR) is 84.0 cm³/mol. The molecule has 0 N–H and O–H groups in total. The van der Waals surface area contributed by atoms with E-state index in [-0.39, 0.29) is 11.0 Å². The van der Waals surface area contributed by atoms with Gasteiger partial charge in [-0.25, -0.2) is 0 Å². The van der Waals surface area contributed by atoms with Crippen molar-refractivity contribution in [2.45, 2.75) is 78.9 Å². The van der Waals surface area contributed by atoms with Crippen LogP contribution < -0.4 is 0 Å². The fourth-order valence-corrected chi connectivity index (χ4v) is 2.59. The van der Waals surface area contributed by atoms with E-state index in [9.17, 15) is 4.79 Å². The molecule has 0 bridgehead atoms. The third kappa shape index (κ3) is 6.85. The lowest BCUT2D eigenvalue weighted by Gasteiger charge is -2.35. The summed E-state index contributed by atoms with van der Waals surface area (Å²) in [6, 6.07) is 0. The van der Waals surface area contributed by atoms with Gasteiger partial charge >= 0.3 is 0 Å². The molecule has 0 aromatic carbocycles. The van der Waals surface area contributed by atoms with Crippen molar-refractivity contribution in [2.75, 3.05) is 19.6 Å². The number of ether oxygens (including phenoxy) is 1. The van der Waals surface area contributed by atoms with Crippen LogP contribution >= 0.6 is 0 Å². The molecule has 1 heterocycles. The number of hydrogen-bond donors (Lipinski definition) is 0. The fourth-order valence-electron chi connectivity index (χ4n) is 2.59. The molecule has 0 aliphatic carbocycles. The summed E-state index contributed by atoms with van der Waals surface area (Å²) in [7, 11) is 0. The molecular formula is C17H33NO2. The van der Waals surface area contributed by atoms with Gasteiger partial charge in [0.25, 0.3) is 0 Å². The number of hydrogen-bond acceptors (Lipinski definition) is 3. The summed E-state index contributed by atoms with van der Waals surface area (Å²) in [5.74, 6) is 0.378. The molecular weight excluding hydrogens is 250 g/mol. The highest BCUT2D eigenvalue weighted by atomic mass is 16.5. The maximum absolute atomic E-state index is 11.9. The molecule has 118 valence electrons. The summed E-state index contributed by atoms with van der Waals surface area (Å²) in [5.41, 5.74) is -0.223. The summed E-state index contributed by atoms with van der Waals surface area (Å²) < 4.78 is 6.03. The molecule has 1 fully saturated rings. The van der Waals surface area contributed by atoms with Gasteiger partial charge in [0.15, 0.2) is 0 Å². The molecule has 0 spiro atoms. The van der Waals surface area contributed by atoms with E-state index in [2.05, 4.69) is 25.7 Å². The van der Waals surface area contributed by atoms with Crippen molar-refractivity contribution in [3.05, 3.63) is 0 Å². The summed E-state index contributed by atoms with van der Waals surface area (Å²) in [6.07, 6.45) is 4.33. The van der Waals surface area contributed by atoms with E-state index < -0.39 is 0 Å². The van der Waals surface area contributed by atoms with Crippen molar-refractivity contribution in [1.82, 2.24) is 4.90 Å². The first-order valence-electron chi connectivity index (χ1n) is 8.01. The summed E-state index contributed by atoms with van der Waals surface area (Å²) in [5, 5.41) is 0. The minimum Gasteiger partial charge on any atom is -0.373 e. The Morgan fingerprint density at radius 3 is 2.10 bits per heavy atom.